The van der Waals surface area contributed by atoms with Crippen LogP contribution in [-0.2, 0) is 14.6 Å². The molecule has 0 spiro atoms. The number of rotatable bonds is 5. The Hall–Kier alpha value is -2.16. The summed E-state index contributed by atoms with van der Waals surface area (Å²) in [5.74, 6) is 0.120. The third kappa shape index (κ3) is 4.32. The van der Waals surface area contributed by atoms with E-state index in [1.807, 2.05) is 0 Å². The van der Waals surface area contributed by atoms with E-state index < -0.39 is 15.9 Å². The molecule has 0 saturated heterocycles. The molecule has 26 heavy (non-hydrogen) atoms. The van der Waals surface area contributed by atoms with Gasteiger partial charge in [-0.2, -0.15) is 0 Å². The number of carbonyl (C=O) groups is 1. The van der Waals surface area contributed by atoms with Crippen molar-refractivity contribution < 1.29 is 17.9 Å². The van der Waals surface area contributed by atoms with Crippen molar-refractivity contribution in [2.45, 2.75) is 17.9 Å². The monoisotopic (exact) mass is 410 g/mol. The second kappa shape index (κ2) is 7.22. The van der Waals surface area contributed by atoms with E-state index in [-0.39, 0.29) is 10.8 Å². The van der Waals surface area contributed by atoms with Crippen LogP contribution in [0.4, 0.5) is 5.13 Å². The van der Waals surface area contributed by atoms with Crippen LogP contribution in [0.3, 0.4) is 0 Å². The molecule has 136 valence electrons. The largest absolute Gasteiger partial charge is 0.481 e. The van der Waals surface area contributed by atoms with Crippen LogP contribution >= 0.6 is 22.9 Å². The Labute approximate surface area is 159 Å². The highest BCUT2D eigenvalue weighted by Crippen LogP contribution is 2.28. The van der Waals surface area contributed by atoms with Crippen LogP contribution in [0.1, 0.15) is 6.92 Å². The molecule has 6 nitrogen and oxygen atoms in total. The van der Waals surface area contributed by atoms with Gasteiger partial charge in [0.15, 0.2) is 21.1 Å². The number of halogens is 1. The third-order valence-electron chi connectivity index (χ3n) is 3.50. The van der Waals surface area contributed by atoms with Crippen molar-refractivity contribution in [3.63, 3.8) is 0 Å². The Bertz CT molecular complexity index is 1080. The molecule has 0 bridgehead atoms. The van der Waals surface area contributed by atoms with Crippen LogP contribution in [0.15, 0.2) is 47.4 Å². The quantitative estimate of drug-likeness (QED) is 0.692. The fourth-order valence-corrected chi connectivity index (χ4v) is 4.00. The Morgan fingerprint density at radius 2 is 2.04 bits per heavy atom. The zero-order valence-corrected chi connectivity index (χ0v) is 16.3. The Kier molecular flexibility index (Phi) is 5.17. The Morgan fingerprint density at radius 3 is 2.73 bits per heavy atom. The Balaban J connectivity index is 1.74. The van der Waals surface area contributed by atoms with Gasteiger partial charge in [0, 0.05) is 11.3 Å². The predicted octanol–water partition coefficient (Wildman–Crippen LogP) is 3.76. The van der Waals surface area contributed by atoms with E-state index in [1.165, 1.54) is 17.4 Å². The maximum absolute atomic E-state index is 12.3. The molecular formula is C17H15ClN2O4S2. The summed E-state index contributed by atoms with van der Waals surface area (Å²) in [6.45, 7) is 1.62. The number of fused-ring (bicyclic) bond motifs is 1. The first-order valence-corrected chi connectivity index (χ1v) is 10.6. The van der Waals surface area contributed by atoms with E-state index in [0.29, 0.717) is 26.1 Å². The first kappa shape index (κ1) is 18.6. The minimum absolute atomic E-state index is 0.212. The number of nitrogens with one attached hydrogen (secondary N) is 1. The fourth-order valence-electron chi connectivity index (χ4n) is 2.19. The molecule has 0 fully saturated rings. The van der Waals surface area contributed by atoms with E-state index in [9.17, 15) is 13.2 Å². The van der Waals surface area contributed by atoms with Gasteiger partial charge < -0.3 is 4.74 Å². The standard InChI is InChI=1S/C17H15ClN2O4S2/c1-10(24-12-5-3-4-11(18)8-12)16(21)20-17-19-14-7-6-13(26(2,22)23)9-15(14)25-17/h3-10H,1-2H3,(H,19,20,21). The minimum atomic E-state index is -3.30. The van der Waals surface area contributed by atoms with E-state index in [2.05, 4.69) is 10.3 Å². The average Bonchev–Trinajstić information content (AvgIpc) is 2.95. The SMILES string of the molecule is CC(Oc1cccc(Cl)c1)C(=O)Nc1nc2ccc(S(C)(=O)=O)cc2s1. The van der Waals surface area contributed by atoms with Gasteiger partial charge in [0.2, 0.25) is 0 Å². The number of hydrogen-bond acceptors (Lipinski definition) is 6. The first-order valence-electron chi connectivity index (χ1n) is 7.56. The molecule has 1 atom stereocenters. The molecule has 9 heteroatoms. The molecule has 1 heterocycles. The second-order valence-corrected chi connectivity index (χ2v) is 9.11. The molecular weight excluding hydrogens is 396 g/mol. The maximum atomic E-state index is 12.3. The van der Waals surface area contributed by atoms with E-state index >= 15 is 0 Å². The summed E-state index contributed by atoms with van der Waals surface area (Å²) >= 11 is 7.09. The number of thiazole rings is 1. The van der Waals surface area contributed by atoms with Crippen molar-refractivity contribution in [3.8, 4) is 5.75 Å². The summed E-state index contributed by atoms with van der Waals surface area (Å²) in [6, 6.07) is 11.4. The van der Waals surface area contributed by atoms with Crippen molar-refractivity contribution in [2.24, 2.45) is 0 Å². The van der Waals surface area contributed by atoms with E-state index in [1.54, 1.807) is 43.3 Å². The van der Waals surface area contributed by atoms with Crippen LogP contribution in [0.25, 0.3) is 10.2 Å². The van der Waals surface area contributed by atoms with Crippen molar-refractivity contribution in [1.82, 2.24) is 4.98 Å². The molecule has 1 aromatic heterocycles. The molecule has 0 saturated carbocycles. The molecule has 2 aromatic carbocycles. The summed E-state index contributed by atoms with van der Waals surface area (Å²) in [5, 5.41) is 3.57. The summed E-state index contributed by atoms with van der Waals surface area (Å²) in [7, 11) is -3.30. The highest BCUT2D eigenvalue weighted by molar-refractivity contribution is 7.90. The summed E-state index contributed by atoms with van der Waals surface area (Å²) in [4.78, 5) is 16.8. The lowest BCUT2D eigenvalue weighted by molar-refractivity contribution is -0.122. The minimum Gasteiger partial charge on any atom is -0.481 e. The predicted molar refractivity (Wildman–Crippen MR) is 103 cm³/mol. The molecule has 0 aliphatic heterocycles. The van der Waals surface area contributed by atoms with Crippen LogP contribution in [-0.4, -0.2) is 31.7 Å². The van der Waals surface area contributed by atoms with Crippen molar-refractivity contribution in [3.05, 3.63) is 47.5 Å². The van der Waals surface area contributed by atoms with Crippen molar-refractivity contribution in [2.75, 3.05) is 11.6 Å². The van der Waals surface area contributed by atoms with Gasteiger partial charge in [0.25, 0.3) is 5.91 Å². The number of nitrogens with zero attached hydrogens (tertiary/aromatic N) is 1. The maximum Gasteiger partial charge on any atom is 0.266 e. The van der Waals surface area contributed by atoms with Gasteiger partial charge >= 0.3 is 0 Å². The van der Waals surface area contributed by atoms with Crippen LogP contribution in [0.5, 0.6) is 5.75 Å². The van der Waals surface area contributed by atoms with Gasteiger partial charge in [-0.05, 0) is 43.3 Å². The number of amides is 1. The molecule has 1 unspecified atom stereocenters. The van der Waals surface area contributed by atoms with Gasteiger partial charge in [-0.1, -0.05) is 29.0 Å². The molecule has 0 aliphatic rings. The lowest BCUT2D eigenvalue weighted by atomic mass is 10.3. The molecule has 1 amide bonds. The summed E-state index contributed by atoms with van der Waals surface area (Å²) in [5.41, 5.74) is 0.612. The van der Waals surface area contributed by atoms with Crippen LogP contribution in [0.2, 0.25) is 5.02 Å². The van der Waals surface area contributed by atoms with Crippen molar-refractivity contribution >= 4 is 54.0 Å². The lowest BCUT2D eigenvalue weighted by Gasteiger charge is -2.13. The fraction of sp³-hybridized carbons (Fsp3) is 0.176. The molecule has 0 radical (unpaired) electrons. The number of hydrogen-bond donors (Lipinski definition) is 1. The van der Waals surface area contributed by atoms with E-state index in [4.69, 9.17) is 16.3 Å². The second-order valence-electron chi connectivity index (χ2n) is 5.63. The van der Waals surface area contributed by atoms with Crippen LogP contribution in [0, 0.1) is 0 Å². The van der Waals surface area contributed by atoms with Gasteiger partial charge in [0.1, 0.15) is 5.75 Å². The van der Waals surface area contributed by atoms with Gasteiger partial charge in [0.05, 0.1) is 15.1 Å². The van der Waals surface area contributed by atoms with Gasteiger partial charge in [-0.25, -0.2) is 13.4 Å². The lowest BCUT2D eigenvalue weighted by Crippen LogP contribution is -2.30. The summed E-state index contributed by atoms with van der Waals surface area (Å²) < 4.78 is 29.5. The third-order valence-corrected chi connectivity index (χ3v) is 5.78. The normalized spacial score (nSPS) is 12.7. The topological polar surface area (TPSA) is 85.4 Å². The van der Waals surface area contributed by atoms with E-state index in [0.717, 1.165) is 6.26 Å². The van der Waals surface area contributed by atoms with Crippen molar-refractivity contribution in [1.29, 1.82) is 0 Å². The first-order chi connectivity index (χ1) is 12.2. The number of benzene rings is 2. The van der Waals surface area contributed by atoms with Gasteiger partial charge in [-0.3, -0.25) is 10.1 Å². The number of sulfone groups is 1. The molecule has 1 N–H and O–H groups in total. The summed E-state index contributed by atoms with van der Waals surface area (Å²) in [6.07, 6.45) is 0.388. The molecule has 3 aromatic rings. The highest BCUT2D eigenvalue weighted by atomic mass is 35.5. The smallest absolute Gasteiger partial charge is 0.266 e. The number of ether oxygens (including phenoxy) is 1. The number of anilines is 1. The van der Waals surface area contributed by atoms with Gasteiger partial charge in [-0.15, -0.1) is 0 Å². The molecule has 0 aliphatic carbocycles. The highest BCUT2D eigenvalue weighted by Gasteiger charge is 2.17. The molecule has 3 rings (SSSR count). The average molecular weight is 411 g/mol. The van der Waals surface area contributed by atoms with Crippen LogP contribution < -0.4 is 10.1 Å². The number of aromatic nitrogens is 1. The Morgan fingerprint density at radius 1 is 1.27 bits per heavy atom. The zero-order chi connectivity index (χ0) is 18.9. The zero-order valence-electron chi connectivity index (χ0n) is 13.9. The number of carbonyl (C=O) groups excluding carboxylic acids is 1.